The molecule has 5 nitrogen and oxygen atoms in total. The Morgan fingerprint density at radius 1 is 1.48 bits per heavy atom. The van der Waals surface area contributed by atoms with E-state index in [0.717, 1.165) is 15.6 Å². The lowest BCUT2D eigenvalue weighted by Crippen LogP contribution is -2.30. The highest BCUT2D eigenvalue weighted by Crippen LogP contribution is 2.24. The van der Waals surface area contributed by atoms with Crippen LogP contribution in [0.1, 0.15) is 0 Å². The second-order valence-electron chi connectivity index (χ2n) is 4.06. The van der Waals surface area contributed by atoms with Gasteiger partial charge in [-0.2, -0.15) is 4.31 Å². The molecule has 2 rings (SSSR count). The van der Waals surface area contributed by atoms with E-state index in [2.05, 4.69) is 4.98 Å². The van der Waals surface area contributed by atoms with E-state index in [0.29, 0.717) is 5.75 Å². The number of aromatic nitrogens is 1. The van der Waals surface area contributed by atoms with Crippen molar-refractivity contribution in [3.63, 3.8) is 0 Å². The van der Waals surface area contributed by atoms with Crippen LogP contribution in [0.25, 0.3) is 0 Å². The summed E-state index contributed by atoms with van der Waals surface area (Å²) in [7, 11) is -2.20. The van der Waals surface area contributed by atoms with Crippen LogP contribution in [0.3, 0.4) is 0 Å². The second kappa shape index (κ2) is 6.69. The first kappa shape index (κ1) is 16.2. The molecule has 0 aliphatic heterocycles. The zero-order valence-corrected chi connectivity index (χ0v) is 13.4. The number of sulfonamides is 1. The van der Waals surface area contributed by atoms with Crippen LogP contribution in [0, 0.1) is 5.82 Å². The fraction of sp³-hybridized carbons (Fsp3) is 0.250. The van der Waals surface area contributed by atoms with Crippen molar-refractivity contribution in [2.24, 2.45) is 0 Å². The molecular formula is C12H12ClFN2O3S2. The van der Waals surface area contributed by atoms with E-state index in [1.807, 2.05) is 0 Å². The van der Waals surface area contributed by atoms with Crippen molar-refractivity contribution in [2.75, 3.05) is 20.2 Å². The first-order valence-corrected chi connectivity index (χ1v) is 8.49. The number of nitrogens with zero attached hydrogens (tertiary/aromatic N) is 2. The van der Waals surface area contributed by atoms with Gasteiger partial charge in [0.2, 0.25) is 0 Å². The molecule has 1 heterocycles. The molecule has 0 spiro atoms. The van der Waals surface area contributed by atoms with E-state index in [1.165, 1.54) is 31.4 Å². The molecule has 0 N–H and O–H groups in total. The van der Waals surface area contributed by atoms with Crippen LogP contribution in [-0.4, -0.2) is 37.9 Å². The van der Waals surface area contributed by atoms with Crippen molar-refractivity contribution < 1.29 is 17.5 Å². The molecular weight excluding hydrogens is 339 g/mol. The van der Waals surface area contributed by atoms with Crippen LogP contribution in [0.5, 0.6) is 5.75 Å². The monoisotopic (exact) mass is 350 g/mol. The molecule has 0 saturated carbocycles. The first-order valence-electron chi connectivity index (χ1n) is 5.85. The van der Waals surface area contributed by atoms with Crippen LogP contribution in [0.15, 0.2) is 34.7 Å². The Hall–Kier alpha value is -1.22. The summed E-state index contributed by atoms with van der Waals surface area (Å²) in [5, 5.41) is 0. The molecule has 0 atom stereocenters. The predicted molar refractivity (Wildman–Crippen MR) is 78.8 cm³/mol. The van der Waals surface area contributed by atoms with Crippen LogP contribution in [0.2, 0.25) is 4.47 Å². The third kappa shape index (κ3) is 4.13. The van der Waals surface area contributed by atoms with Gasteiger partial charge in [-0.25, -0.2) is 17.8 Å². The van der Waals surface area contributed by atoms with E-state index >= 15 is 0 Å². The molecule has 0 fully saturated rings. The van der Waals surface area contributed by atoms with Crippen LogP contribution >= 0.6 is 22.9 Å². The van der Waals surface area contributed by atoms with Gasteiger partial charge in [0.05, 0.1) is 6.20 Å². The SMILES string of the molecule is CN(CCOc1cccc(F)c1)S(=O)(=O)c1cnc(Cl)s1. The summed E-state index contributed by atoms with van der Waals surface area (Å²) in [6.07, 6.45) is 1.21. The molecule has 9 heteroatoms. The van der Waals surface area contributed by atoms with Crippen molar-refractivity contribution in [1.29, 1.82) is 0 Å². The summed E-state index contributed by atoms with van der Waals surface area (Å²) in [5.74, 6) is -0.0607. The Bertz CT molecular complexity index is 721. The highest BCUT2D eigenvalue weighted by atomic mass is 35.5. The molecule has 0 saturated heterocycles. The number of halogens is 2. The van der Waals surface area contributed by atoms with E-state index in [9.17, 15) is 12.8 Å². The lowest BCUT2D eigenvalue weighted by Gasteiger charge is -2.16. The van der Waals surface area contributed by atoms with Crippen molar-refractivity contribution in [3.05, 3.63) is 40.7 Å². The Kier molecular flexibility index (Phi) is 5.15. The van der Waals surface area contributed by atoms with Gasteiger partial charge >= 0.3 is 0 Å². The number of likely N-dealkylation sites (N-methyl/N-ethyl adjacent to an activating group) is 1. The molecule has 114 valence electrons. The van der Waals surface area contributed by atoms with E-state index in [1.54, 1.807) is 6.07 Å². The first-order chi connectivity index (χ1) is 9.89. The maximum atomic E-state index is 13.0. The van der Waals surface area contributed by atoms with Gasteiger partial charge in [0.25, 0.3) is 10.0 Å². The molecule has 2 aromatic rings. The van der Waals surface area contributed by atoms with E-state index in [4.69, 9.17) is 16.3 Å². The number of benzene rings is 1. The summed E-state index contributed by atoms with van der Waals surface area (Å²) in [6.45, 7) is 0.222. The van der Waals surface area contributed by atoms with Crippen LogP contribution in [0.4, 0.5) is 4.39 Å². The highest BCUT2D eigenvalue weighted by molar-refractivity contribution is 7.91. The zero-order valence-electron chi connectivity index (χ0n) is 11.0. The van der Waals surface area contributed by atoms with Crippen molar-refractivity contribution in [1.82, 2.24) is 9.29 Å². The average molecular weight is 351 g/mol. The number of thiazole rings is 1. The van der Waals surface area contributed by atoms with Crippen LogP contribution < -0.4 is 4.74 Å². The Balaban J connectivity index is 1.94. The number of rotatable bonds is 6. The lowest BCUT2D eigenvalue weighted by atomic mass is 10.3. The highest BCUT2D eigenvalue weighted by Gasteiger charge is 2.23. The van der Waals surface area contributed by atoms with Crippen molar-refractivity contribution in [2.45, 2.75) is 4.21 Å². The Labute approximate surface area is 131 Å². The van der Waals surface area contributed by atoms with Gasteiger partial charge in [0.1, 0.15) is 18.2 Å². The second-order valence-corrected chi connectivity index (χ2v) is 7.95. The molecule has 0 radical (unpaired) electrons. The van der Waals surface area contributed by atoms with Crippen molar-refractivity contribution >= 4 is 33.0 Å². The number of hydrogen-bond donors (Lipinski definition) is 0. The standard InChI is InChI=1S/C12H12ClFN2O3S2/c1-16(21(17,18)11-8-15-12(13)20-11)5-6-19-10-4-2-3-9(14)7-10/h2-4,7-8H,5-6H2,1H3. The fourth-order valence-corrected chi connectivity index (χ4v) is 4.14. The lowest BCUT2D eigenvalue weighted by molar-refractivity contribution is 0.286. The zero-order chi connectivity index (χ0) is 15.5. The van der Waals surface area contributed by atoms with E-state index < -0.39 is 15.8 Å². The van der Waals surface area contributed by atoms with Crippen LogP contribution in [-0.2, 0) is 10.0 Å². The molecule has 0 amide bonds. The summed E-state index contributed by atoms with van der Waals surface area (Å²) in [5.41, 5.74) is 0. The van der Waals surface area contributed by atoms with E-state index in [-0.39, 0.29) is 21.8 Å². The van der Waals surface area contributed by atoms with Gasteiger partial charge in [0.15, 0.2) is 8.68 Å². The quantitative estimate of drug-likeness (QED) is 0.803. The maximum Gasteiger partial charge on any atom is 0.254 e. The Morgan fingerprint density at radius 2 is 2.24 bits per heavy atom. The molecule has 0 bridgehead atoms. The van der Waals surface area contributed by atoms with Gasteiger partial charge in [-0.15, -0.1) is 0 Å². The number of ether oxygens (including phenoxy) is 1. The molecule has 1 aromatic carbocycles. The molecule has 1 aromatic heterocycles. The minimum Gasteiger partial charge on any atom is -0.492 e. The normalized spacial score (nSPS) is 11.8. The third-order valence-corrected chi connectivity index (χ3v) is 6.00. The fourth-order valence-electron chi connectivity index (χ4n) is 1.48. The van der Waals surface area contributed by atoms with Gasteiger partial charge in [-0.05, 0) is 12.1 Å². The maximum absolute atomic E-state index is 13.0. The third-order valence-electron chi connectivity index (χ3n) is 2.59. The van der Waals surface area contributed by atoms with Gasteiger partial charge in [0, 0.05) is 19.7 Å². The average Bonchev–Trinajstić information content (AvgIpc) is 2.86. The van der Waals surface area contributed by atoms with Gasteiger partial charge in [-0.1, -0.05) is 29.0 Å². The van der Waals surface area contributed by atoms with Crippen molar-refractivity contribution in [3.8, 4) is 5.75 Å². The molecule has 0 unspecified atom stereocenters. The minimum atomic E-state index is -3.63. The largest absolute Gasteiger partial charge is 0.492 e. The summed E-state index contributed by atoms with van der Waals surface area (Å²) in [6, 6.07) is 5.65. The smallest absolute Gasteiger partial charge is 0.254 e. The van der Waals surface area contributed by atoms with Gasteiger partial charge in [-0.3, -0.25) is 0 Å². The molecule has 21 heavy (non-hydrogen) atoms. The molecule has 0 aliphatic rings. The topological polar surface area (TPSA) is 59.5 Å². The minimum absolute atomic E-state index is 0.0701. The predicted octanol–water partition coefficient (Wildman–Crippen LogP) is 2.64. The Morgan fingerprint density at radius 3 is 2.86 bits per heavy atom. The summed E-state index contributed by atoms with van der Waals surface area (Å²) in [4.78, 5) is 3.71. The summed E-state index contributed by atoms with van der Waals surface area (Å²) >= 11 is 6.52. The van der Waals surface area contributed by atoms with Gasteiger partial charge < -0.3 is 4.74 Å². The molecule has 0 aliphatic carbocycles. The number of hydrogen-bond acceptors (Lipinski definition) is 5. The summed E-state index contributed by atoms with van der Waals surface area (Å²) < 4.78 is 44.0.